The third-order valence-electron chi connectivity index (χ3n) is 2.93. The van der Waals surface area contributed by atoms with Crippen LogP contribution in [0.1, 0.15) is 6.42 Å². The zero-order valence-corrected chi connectivity index (χ0v) is 9.50. The number of nitrogens with two attached hydrogens (primary N) is 1. The first-order valence-electron chi connectivity index (χ1n) is 5.77. The summed E-state index contributed by atoms with van der Waals surface area (Å²) >= 11 is 0. The first kappa shape index (κ1) is 10.6. The SMILES string of the molecule is Nc1ccc2c(cnn2CCC2OCCO2)c1. The molecule has 1 aliphatic rings. The van der Waals surface area contributed by atoms with Crippen LogP contribution in [0.2, 0.25) is 0 Å². The summed E-state index contributed by atoms with van der Waals surface area (Å²) in [7, 11) is 0. The lowest BCUT2D eigenvalue weighted by Crippen LogP contribution is -2.12. The van der Waals surface area contributed by atoms with Gasteiger partial charge in [0.2, 0.25) is 0 Å². The van der Waals surface area contributed by atoms with E-state index >= 15 is 0 Å². The summed E-state index contributed by atoms with van der Waals surface area (Å²) in [5.41, 5.74) is 7.59. The Morgan fingerprint density at radius 3 is 3.00 bits per heavy atom. The number of hydrogen-bond donors (Lipinski definition) is 1. The lowest BCUT2D eigenvalue weighted by Gasteiger charge is -2.09. The first-order chi connectivity index (χ1) is 8.33. The molecule has 0 bridgehead atoms. The van der Waals surface area contributed by atoms with Gasteiger partial charge in [0, 0.05) is 24.0 Å². The average molecular weight is 233 g/mol. The maximum absolute atomic E-state index is 5.73. The van der Waals surface area contributed by atoms with Crippen molar-refractivity contribution in [3.05, 3.63) is 24.4 Å². The molecule has 0 radical (unpaired) electrons. The van der Waals surface area contributed by atoms with Gasteiger partial charge in [0.05, 0.1) is 24.9 Å². The van der Waals surface area contributed by atoms with Gasteiger partial charge in [-0.2, -0.15) is 5.10 Å². The van der Waals surface area contributed by atoms with E-state index in [1.165, 1.54) is 0 Å². The second-order valence-corrected chi connectivity index (χ2v) is 4.15. The number of hydrogen-bond acceptors (Lipinski definition) is 4. The van der Waals surface area contributed by atoms with Gasteiger partial charge in [-0.25, -0.2) is 0 Å². The van der Waals surface area contributed by atoms with Crippen LogP contribution in [0.5, 0.6) is 0 Å². The number of aryl methyl sites for hydroxylation is 1. The first-order valence-corrected chi connectivity index (χ1v) is 5.77. The Balaban J connectivity index is 1.76. The van der Waals surface area contributed by atoms with E-state index in [2.05, 4.69) is 5.10 Å². The van der Waals surface area contributed by atoms with E-state index in [1.807, 2.05) is 29.1 Å². The smallest absolute Gasteiger partial charge is 0.159 e. The fraction of sp³-hybridized carbons (Fsp3) is 0.417. The fourth-order valence-corrected chi connectivity index (χ4v) is 2.09. The molecule has 0 spiro atoms. The third kappa shape index (κ3) is 2.11. The molecule has 1 saturated heterocycles. The van der Waals surface area contributed by atoms with Crippen LogP contribution >= 0.6 is 0 Å². The Bertz CT molecular complexity index is 517. The minimum absolute atomic E-state index is 0.0805. The Hall–Kier alpha value is -1.59. The fourth-order valence-electron chi connectivity index (χ4n) is 2.09. The van der Waals surface area contributed by atoms with Crippen molar-refractivity contribution in [2.24, 2.45) is 0 Å². The highest BCUT2D eigenvalue weighted by Crippen LogP contribution is 2.18. The number of rotatable bonds is 3. The summed E-state index contributed by atoms with van der Waals surface area (Å²) in [4.78, 5) is 0. The zero-order valence-electron chi connectivity index (χ0n) is 9.50. The number of nitrogens with zero attached hydrogens (tertiary/aromatic N) is 2. The summed E-state index contributed by atoms with van der Waals surface area (Å²) in [5, 5.41) is 5.42. The molecule has 5 heteroatoms. The molecule has 1 aliphatic heterocycles. The van der Waals surface area contributed by atoms with E-state index in [0.29, 0.717) is 13.2 Å². The van der Waals surface area contributed by atoms with Gasteiger partial charge in [0.25, 0.3) is 0 Å². The second-order valence-electron chi connectivity index (χ2n) is 4.15. The number of nitrogen functional groups attached to an aromatic ring is 1. The van der Waals surface area contributed by atoms with Gasteiger partial charge in [-0.05, 0) is 18.2 Å². The zero-order chi connectivity index (χ0) is 11.7. The Morgan fingerprint density at radius 2 is 2.18 bits per heavy atom. The Labute approximate surface area is 99.1 Å². The molecule has 3 rings (SSSR count). The van der Waals surface area contributed by atoms with Crippen molar-refractivity contribution in [2.45, 2.75) is 19.3 Å². The van der Waals surface area contributed by atoms with E-state index in [9.17, 15) is 0 Å². The monoisotopic (exact) mass is 233 g/mol. The van der Waals surface area contributed by atoms with Crippen LogP contribution in [0.15, 0.2) is 24.4 Å². The molecule has 2 heterocycles. The highest BCUT2D eigenvalue weighted by molar-refractivity contribution is 5.81. The van der Waals surface area contributed by atoms with Crippen molar-refractivity contribution < 1.29 is 9.47 Å². The van der Waals surface area contributed by atoms with E-state index in [1.54, 1.807) is 0 Å². The van der Waals surface area contributed by atoms with E-state index in [-0.39, 0.29) is 6.29 Å². The van der Waals surface area contributed by atoms with Crippen molar-refractivity contribution in [3.8, 4) is 0 Å². The van der Waals surface area contributed by atoms with Crippen LogP contribution in [0, 0.1) is 0 Å². The van der Waals surface area contributed by atoms with Gasteiger partial charge in [0.1, 0.15) is 0 Å². The van der Waals surface area contributed by atoms with E-state index in [4.69, 9.17) is 15.2 Å². The van der Waals surface area contributed by atoms with E-state index < -0.39 is 0 Å². The minimum atomic E-state index is -0.0805. The van der Waals surface area contributed by atoms with Crippen LogP contribution in [-0.4, -0.2) is 29.3 Å². The van der Waals surface area contributed by atoms with Gasteiger partial charge in [-0.3, -0.25) is 4.68 Å². The summed E-state index contributed by atoms with van der Waals surface area (Å²) in [6, 6.07) is 5.82. The van der Waals surface area contributed by atoms with Crippen LogP contribution < -0.4 is 5.73 Å². The number of anilines is 1. The number of fused-ring (bicyclic) bond motifs is 1. The standard InChI is InChI=1S/C12H15N3O2/c13-10-1-2-11-9(7-10)8-14-15(11)4-3-12-16-5-6-17-12/h1-2,7-8,12H,3-6,13H2. The van der Waals surface area contributed by atoms with Crippen molar-refractivity contribution in [3.63, 3.8) is 0 Å². The Kier molecular flexibility index (Phi) is 2.70. The summed E-state index contributed by atoms with van der Waals surface area (Å²) in [6.07, 6.45) is 2.58. The van der Waals surface area contributed by atoms with Crippen molar-refractivity contribution in [2.75, 3.05) is 18.9 Å². The predicted molar refractivity (Wildman–Crippen MR) is 64.5 cm³/mol. The normalized spacial score (nSPS) is 16.9. The molecule has 90 valence electrons. The average Bonchev–Trinajstić information content (AvgIpc) is 2.94. The Morgan fingerprint density at radius 1 is 1.35 bits per heavy atom. The molecular formula is C12H15N3O2. The van der Waals surface area contributed by atoms with Crippen LogP contribution in [0.4, 0.5) is 5.69 Å². The lowest BCUT2D eigenvalue weighted by molar-refractivity contribution is -0.0493. The molecule has 2 N–H and O–H groups in total. The molecule has 5 nitrogen and oxygen atoms in total. The molecule has 1 fully saturated rings. The van der Waals surface area contributed by atoms with Crippen molar-refractivity contribution >= 4 is 16.6 Å². The van der Waals surface area contributed by atoms with Crippen LogP contribution in [-0.2, 0) is 16.0 Å². The third-order valence-corrected chi connectivity index (χ3v) is 2.93. The van der Waals surface area contributed by atoms with Crippen LogP contribution in [0.25, 0.3) is 10.9 Å². The molecular weight excluding hydrogens is 218 g/mol. The number of ether oxygens (including phenoxy) is 2. The summed E-state index contributed by atoms with van der Waals surface area (Å²) < 4.78 is 12.8. The van der Waals surface area contributed by atoms with Crippen LogP contribution in [0.3, 0.4) is 0 Å². The van der Waals surface area contributed by atoms with Gasteiger partial charge < -0.3 is 15.2 Å². The predicted octanol–water partition coefficient (Wildman–Crippen LogP) is 1.38. The molecule has 0 atom stereocenters. The van der Waals surface area contributed by atoms with Gasteiger partial charge >= 0.3 is 0 Å². The summed E-state index contributed by atoms with van der Waals surface area (Å²) in [5.74, 6) is 0. The second kappa shape index (κ2) is 4.35. The lowest BCUT2D eigenvalue weighted by atomic mass is 10.2. The molecule has 1 aromatic heterocycles. The maximum Gasteiger partial charge on any atom is 0.159 e. The van der Waals surface area contributed by atoms with Gasteiger partial charge in [0.15, 0.2) is 6.29 Å². The highest BCUT2D eigenvalue weighted by atomic mass is 16.7. The van der Waals surface area contributed by atoms with Gasteiger partial charge in [-0.1, -0.05) is 0 Å². The molecule has 2 aromatic rings. The molecule has 0 unspecified atom stereocenters. The molecule has 1 aromatic carbocycles. The molecule has 0 aliphatic carbocycles. The minimum Gasteiger partial charge on any atom is -0.399 e. The molecule has 0 amide bonds. The number of benzene rings is 1. The van der Waals surface area contributed by atoms with Crippen molar-refractivity contribution in [1.82, 2.24) is 9.78 Å². The molecule has 0 saturated carbocycles. The largest absolute Gasteiger partial charge is 0.399 e. The highest BCUT2D eigenvalue weighted by Gasteiger charge is 2.16. The molecule has 17 heavy (non-hydrogen) atoms. The van der Waals surface area contributed by atoms with Crippen molar-refractivity contribution in [1.29, 1.82) is 0 Å². The number of aromatic nitrogens is 2. The summed E-state index contributed by atoms with van der Waals surface area (Å²) in [6.45, 7) is 2.18. The topological polar surface area (TPSA) is 62.3 Å². The van der Waals surface area contributed by atoms with E-state index in [0.717, 1.165) is 29.6 Å². The maximum atomic E-state index is 5.73. The van der Waals surface area contributed by atoms with Gasteiger partial charge in [-0.15, -0.1) is 0 Å². The quantitative estimate of drug-likeness (QED) is 0.813.